The Labute approximate surface area is 119 Å². The number of aryl methyl sites for hydroxylation is 2. The summed E-state index contributed by atoms with van der Waals surface area (Å²) in [6.07, 6.45) is 1.57. The van der Waals surface area contributed by atoms with Crippen LogP contribution in [0.3, 0.4) is 0 Å². The molecule has 0 bridgehead atoms. The van der Waals surface area contributed by atoms with Crippen molar-refractivity contribution in [3.8, 4) is 11.6 Å². The monoisotopic (exact) mass is 285 g/mol. The molecule has 3 rings (SSSR count). The second-order valence-electron chi connectivity index (χ2n) is 4.51. The molecular weight excluding hydrogens is 274 g/mol. The molecule has 0 radical (unpaired) electrons. The maximum Gasteiger partial charge on any atom is 0.269 e. The Balaban J connectivity index is 1.92. The highest BCUT2D eigenvalue weighted by Crippen LogP contribution is 2.27. The lowest BCUT2D eigenvalue weighted by molar-refractivity contribution is -0.384. The van der Waals surface area contributed by atoms with Crippen LogP contribution in [0.5, 0.6) is 11.6 Å². The summed E-state index contributed by atoms with van der Waals surface area (Å²) < 4.78 is 7.38. The highest BCUT2D eigenvalue weighted by Gasteiger charge is 2.11. The second kappa shape index (κ2) is 4.82. The molecule has 1 aromatic carbocycles. The van der Waals surface area contributed by atoms with E-state index in [1.807, 2.05) is 6.92 Å². The first-order chi connectivity index (χ1) is 10.0. The van der Waals surface area contributed by atoms with E-state index in [-0.39, 0.29) is 5.69 Å². The number of fused-ring (bicyclic) bond motifs is 1. The SMILES string of the molecule is Cc1cc([N+](=O)[O-])ccc1Oc1cc2nnc(C)n2cn1. The van der Waals surface area contributed by atoms with E-state index in [0.717, 1.165) is 5.82 Å². The van der Waals surface area contributed by atoms with Gasteiger partial charge in [-0.2, -0.15) is 0 Å². The van der Waals surface area contributed by atoms with Gasteiger partial charge in [-0.15, -0.1) is 10.2 Å². The number of aromatic nitrogens is 4. The maximum absolute atomic E-state index is 10.7. The van der Waals surface area contributed by atoms with Gasteiger partial charge in [-0.1, -0.05) is 0 Å². The van der Waals surface area contributed by atoms with Gasteiger partial charge in [0.2, 0.25) is 5.88 Å². The van der Waals surface area contributed by atoms with Crippen molar-refractivity contribution in [1.29, 1.82) is 0 Å². The fraction of sp³-hybridized carbons (Fsp3) is 0.154. The summed E-state index contributed by atoms with van der Waals surface area (Å²) in [6.45, 7) is 3.56. The summed E-state index contributed by atoms with van der Waals surface area (Å²) in [7, 11) is 0. The summed E-state index contributed by atoms with van der Waals surface area (Å²) in [5, 5.41) is 18.6. The molecule has 0 N–H and O–H groups in total. The van der Waals surface area contributed by atoms with Crippen LogP contribution in [0.1, 0.15) is 11.4 Å². The van der Waals surface area contributed by atoms with Gasteiger partial charge < -0.3 is 4.74 Å². The first kappa shape index (κ1) is 13.0. The molecule has 0 aliphatic heterocycles. The quantitative estimate of drug-likeness (QED) is 0.541. The first-order valence-corrected chi connectivity index (χ1v) is 6.15. The summed E-state index contributed by atoms with van der Waals surface area (Å²) in [5.41, 5.74) is 1.30. The Bertz CT molecular complexity index is 843. The van der Waals surface area contributed by atoms with Crippen LogP contribution in [0.25, 0.3) is 5.65 Å². The van der Waals surface area contributed by atoms with E-state index in [1.54, 1.807) is 29.8 Å². The maximum atomic E-state index is 10.7. The van der Waals surface area contributed by atoms with Crippen molar-refractivity contribution < 1.29 is 9.66 Å². The molecule has 0 saturated heterocycles. The highest BCUT2D eigenvalue weighted by atomic mass is 16.6. The predicted octanol–water partition coefficient (Wildman–Crippen LogP) is 2.44. The fourth-order valence-electron chi connectivity index (χ4n) is 1.92. The van der Waals surface area contributed by atoms with Gasteiger partial charge in [0.15, 0.2) is 5.65 Å². The van der Waals surface area contributed by atoms with Crippen LogP contribution in [0, 0.1) is 24.0 Å². The smallest absolute Gasteiger partial charge is 0.269 e. The van der Waals surface area contributed by atoms with Crippen LogP contribution < -0.4 is 4.74 Å². The number of ether oxygens (including phenoxy) is 1. The van der Waals surface area contributed by atoms with Crippen molar-refractivity contribution in [3.63, 3.8) is 0 Å². The largest absolute Gasteiger partial charge is 0.439 e. The number of hydrogen-bond acceptors (Lipinski definition) is 6. The molecule has 0 aliphatic carbocycles. The van der Waals surface area contributed by atoms with Gasteiger partial charge in [0.25, 0.3) is 5.69 Å². The molecule has 0 atom stereocenters. The molecule has 0 unspecified atom stereocenters. The van der Waals surface area contributed by atoms with E-state index in [0.29, 0.717) is 22.8 Å². The number of nitrogens with zero attached hydrogens (tertiary/aromatic N) is 5. The summed E-state index contributed by atoms with van der Waals surface area (Å²) in [6, 6.07) is 6.05. The summed E-state index contributed by atoms with van der Waals surface area (Å²) in [4.78, 5) is 14.4. The standard InChI is InChI=1S/C13H11N5O3/c1-8-5-10(18(19)20)3-4-11(8)21-13-6-12-16-15-9(2)17(12)7-14-13/h3-7H,1-2H3. The first-order valence-electron chi connectivity index (χ1n) is 6.15. The van der Waals surface area contributed by atoms with Gasteiger partial charge in [-0.3, -0.25) is 14.5 Å². The van der Waals surface area contributed by atoms with E-state index in [9.17, 15) is 10.1 Å². The van der Waals surface area contributed by atoms with E-state index in [1.165, 1.54) is 12.1 Å². The molecule has 0 aliphatic rings. The minimum absolute atomic E-state index is 0.0244. The topological polar surface area (TPSA) is 95.5 Å². The number of non-ortho nitro benzene ring substituents is 1. The van der Waals surface area contributed by atoms with Crippen LogP contribution in [0.15, 0.2) is 30.6 Å². The molecule has 3 aromatic rings. The molecule has 8 heteroatoms. The molecule has 0 saturated carbocycles. The Kier molecular flexibility index (Phi) is 2.98. The van der Waals surface area contributed by atoms with Gasteiger partial charge >= 0.3 is 0 Å². The van der Waals surface area contributed by atoms with E-state index in [4.69, 9.17) is 4.74 Å². The van der Waals surface area contributed by atoms with Crippen LogP contribution >= 0.6 is 0 Å². The molecule has 2 aromatic heterocycles. The van der Waals surface area contributed by atoms with Gasteiger partial charge in [-0.05, 0) is 25.5 Å². The van der Waals surface area contributed by atoms with Crippen LogP contribution in [-0.4, -0.2) is 24.5 Å². The normalized spacial score (nSPS) is 10.8. The minimum Gasteiger partial charge on any atom is -0.439 e. The molecule has 0 fully saturated rings. The second-order valence-corrected chi connectivity index (χ2v) is 4.51. The lowest BCUT2D eigenvalue weighted by Gasteiger charge is -2.07. The average Bonchev–Trinajstić information content (AvgIpc) is 2.82. The molecule has 0 amide bonds. The predicted molar refractivity (Wildman–Crippen MR) is 73.4 cm³/mol. The molecule has 0 spiro atoms. The minimum atomic E-state index is -0.444. The molecule has 21 heavy (non-hydrogen) atoms. The Morgan fingerprint density at radius 3 is 2.76 bits per heavy atom. The van der Waals surface area contributed by atoms with Crippen molar-refractivity contribution in [3.05, 3.63) is 52.1 Å². The van der Waals surface area contributed by atoms with Crippen LogP contribution in [0.2, 0.25) is 0 Å². The van der Waals surface area contributed by atoms with E-state index >= 15 is 0 Å². The Morgan fingerprint density at radius 1 is 1.24 bits per heavy atom. The zero-order valence-electron chi connectivity index (χ0n) is 11.3. The number of nitro benzene ring substituents is 1. The third-order valence-electron chi connectivity index (χ3n) is 3.03. The lowest BCUT2D eigenvalue weighted by atomic mass is 10.2. The zero-order chi connectivity index (χ0) is 15.0. The van der Waals surface area contributed by atoms with Gasteiger partial charge in [-0.25, -0.2) is 4.98 Å². The van der Waals surface area contributed by atoms with Crippen molar-refractivity contribution in [2.75, 3.05) is 0 Å². The molecule has 2 heterocycles. The van der Waals surface area contributed by atoms with Crippen molar-refractivity contribution in [1.82, 2.24) is 19.6 Å². The lowest BCUT2D eigenvalue weighted by Crippen LogP contribution is -1.95. The summed E-state index contributed by atoms with van der Waals surface area (Å²) in [5.74, 6) is 1.59. The number of nitro groups is 1. The Morgan fingerprint density at radius 2 is 2.05 bits per heavy atom. The van der Waals surface area contributed by atoms with E-state index in [2.05, 4.69) is 15.2 Å². The van der Waals surface area contributed by atoms with Gasteiger partial charge in [0.1, 0.15) is 17.9 Å². The molecule has 8 nitrogen and oxygen atoms in total. The average molecular weight is 285 g/mol. The fourth-order valence-corrected chi connectivity index (χ4v) is 1.92. The third kappa shape index (κ3) is 2.38. The molecule has 106 valence electrons. The summed E-state index contributed by atoms with van der Waals surface area (Å²) >= 11 is 0. The van der Waals surface area contributed by atoms with Crippen LogP contribution in [-0.2, 0) is 0 Å². The van der Waals surface area contributed by atoms with Crippen molar-refractivity contribution in [2.45, 2.75) is 13.8 Å². The molecular formula is C13H11N5O3. The van der Waals surface area contributed by atoms with Gasteiger partial charge in [0.05, 0.1) is 4.92 Å². The van der Waals surface area contributed by atoms with E-state index < -0.39 is 4.92 Å². The highest BCUT2D eigenvalue weighted by molar-refractivity contribution is 5.46. The van der Waals surface area contributed by atoms with Crippen molar-refractivity contribution >= 4 is 11.3 Å². The third-order valence-corrected chi connectivity index (χ3v) is 3.03. The number of hydrogen-bond donors (Lipinski definition) is 0. The Hall–Kier alpha value is -3.03. The van der Waals surface area contributed by atoms with Gasteiger partial charge in [0, 0.05) is 18.2 Å². The van der Waals surface area contributed by atoms with Crippen molar-refractivity contribution in [2.24, 2.45) is 0 Å². The number of benzene rings is 1. The zero-order valence-corrected chi connectivity index (χ0v) is 11.3. The van der Waals surface area contributed by atoms with Crippen LogP contribution in [0.4, 0.5) is 5.69 Å². The number of rotatable bonds is 3.